The van der Waals surface area contributed by atoms with Crippen molar-refractivity contribution in [2.24, 2.45) is 0 Å². The van der Waals surface area contributed by atoms with Crippen LogP contribution in [-0.4, -0.2) is 23.8 Å². The molecule has 0 saturated carbocycles. The van der Waals surface area contributed by atoms with Crippen LogP contribution >= 0.6 is 0 Å². The number of aliphatic hydroxyl groups excluding tert-OH is 1. The van der Waals surface area contributed by atoms with Crippen LogP contribution in [0.25, 0.3) is 16.7 Å². The van der Waals surface area contributed by atoms with E-state index >= 15 is 0 Å². The number of aliphatic hydroxyl groups is 1. The smallest absolute Gasteiger partial charge is 0.338 e. The summed E-state index contributed by atoms with van der Waals surface area (Å²) >= 11 is 0. The van der Waals surface area contributed by atoms with Crippen LogP contribution in [0.2, 0.25) is 0 Å². The quantitative estimate of drug-likeness (QED) is 0.326. The van der Waals surface area contributed by atoms with E-state index in [1.165, 1.54) is 0 Å². The van der Waals surface area contributed by atoms with Crippen LogP contribution < -0.4 is 0 Å². The molecule has 3 rings (SSSR count). The third kappa shape index (κ3) is 4.27. The summed E-state index contributed by atoms with van der Waals surface area (Å²) in [5, 5.41) is 28.9. The highest BCUT2D eigenvalue weighted by Gasteiger charge is 2.30. The lowest BCUT2D eigenvalue weighted by molar-refractivity contribution is 0.0233. The number of unbranched alkanes of at least 4 members (excludes halogenated alkanes) is 3. The van der Waals surface area contributed by atoms with E-state index in [9.17, 15) is 20.4 Å². The van der Waals surface area contributed by atoms with Gasteiger partial charge in [-0.25, -0.2) is 4.79 Å². The molecule has 0 radical (unpaired) electrons. The number of hydrogen-bond donors (Lipinski definition) is 1. The van der Waals surface area contributed by atoms with Crippen molar-refractivity contribution in [3.05, 3.63) is 64.7 Å². The molecule has 0 aromatic heterocycles. The zero-order valence-electron chi connectivity index (χ0n) is 17.0. The maximum atomic E-state index is 12.8. The number of nitrogens with zero attached hydrogens (tertiary/aromatic N) is 2. The molecular formula is C25H24N2O3. The molecule has 0 amide bonds. The second-order valence-electron chi connectivity index (χ2n) is 7.35. The number of benzene rings is 2. The van der Waals surface area contributed by atoms with E-state index in [1.54, 1.807) is 18.2 Å². The van der Waals surface area contributed by atoms with E-state index in [2.05, 4.69) is 6.92 Å². The molecule has 0 fully saturated rings. The molecule has 0 bridgehead atoms. The molecule has 1 aliphatic rings. The monoisotopic (exact) mass is 400 g/mol. The summed E-state index contributed by atoms with van der Waals surface area (Å²) in [5.74, 6) is -0.522. The lowest BCUT2D eigenvalue weighted by Crippen LogP contribution is -2.19. The van der Waals surface area contributed by atoms with Crippen molar-refractivity contribution in [2.45, 2.75) is 45.1 Å². The summed E-state index contributed by atoms with van der Waals surface area (Å²) in [6.07, 6.45) is 4.13. The number of ether oxygens (including phenoxy) is 1. The van der Waals surface area contributed by atoms with Crippen molar-refractivity contribution < 1.29 is 14.6 Å². The lowest BCUT2D eigenvalue weighted by atomic mass is 9.97. The van der Waals surface area contributed by atoms with Crippen molar-refractivity contribution in [3.63, 3.8) is 0 Å². The third-order valence-electron chi connectivity index (χ3n) is 5.29. The highest BCUT2D eigenvalue weighted by molar-refractivity contribution is 6.10. The number of fused-ring (bicyclic) bond motifs is 3. The molecule has 5 nitrogen and oxygen atoms in total. The Morgan fingerprint density at radius 3 is 2.40 bits per heavy atom. The highest BCUT2D eigenvalue weighted by Crippen LogP contribution is 2.47. The molecule has 1 atom stereocenters. The first-order chi connectivity index (χ1) is 14.6. The average Bonchev–Trinajstić information content (AvgIpc) is 3.11. The van der Waals surface area contributed by atoms with Crippen molar-refractivity contribution in [1.29, 1.82) is 10.5 Å². The normalized spacial score (nSPS) is 12.3. The number of allylic oxidation sites excluding steroid dienone is 1. The van der Waals surface area contributed by atoms with Gasteiger partial charge in [0.1, 0.15) is 24.3 Å². The standard InChI is InChI=1S/C25H24N2O3/c1-2-3-4-5-9-18(28)16-30-25(29)22-13-8-12-21-23(17(14-26)15-27)19-10-6-7-11-20(19)24(21)22/h6-8,10-13,18,28H,2-5,9,16H2,1H3. The Labute approximate surface area is 176 Å². The number of hydrogen-bond acceptors (Lipinski definition) is 5. The maximum Gasteiger partial charge on any atom is 0.338 e. The van der Waals surface area contributed by atoms with Gasteiger partial charge in [-0.2, -0.15) is 10.5 Å². The minimum absolute atomic E-state index is 0.00854. The first-order valence-corrected chi connectivity index (χ1v) is 10.2. The van der Waals surface area contributed by atoms with Crippen LogP contribution in [0.15, 0.2) is 48.0 Å². The van der Waals surface area contributed by atoms with Crippen LogP contribution in [0, 0.1) is 22.7 Å². The number of esters is 1. The zero-order chi connectivity index (χ0) is 21.5. The Bertz CT molecular complexity index is 1040. The van der Waals surface area contributed by atoms with Crippen LogP contribution in [0.5, 0.6) is 0 Å². The van der Waals surface area contributed by atoms with Gasteiger partial charge in [0.25, 0.3) is 0 Å². The summed E-state index contributed by atoms with van der Waals surface area (Å²) < 4.78 is 5.40. The van der Waals surface area contributed by atoms with Gasteiger partial charge in [0, 0.05) is 11.1 Å². The van der Waals surface area contributed by atoms with E-state index in [1.807, 2.05) is 36.4 Å². The molecule has 2 aromatic rings. The molecule has 30 heavy (non-hydrogen) atoms. The molecule has 1 N–H and O–H groups in total. The molecule has 1 aliphatic carbocycles. The van der Waals surface area contributed by atoms with Crippen LogP contribution in [0.1, 0.15) is 60.5 Å². The molecule has 0 spiro atoms. The van der Waals surface area contributed by atoms with Gasteiger partial charge in [-0.3, -0.25) is 0 Å². The number of carbonyl (C=O) groups excluding carboxylic acids is 1. The largest absolute Gasteiger partial charge is 0.459 e. The van der Waals surface area contributed by atoms with Crippen LogP contribution in [0.3, 0.4) is 0 Å². The van der Waals surface area contributed by atoms with Gasteiger partial charge < -0.3 is 9.84 Å². The summed E-state index contributed by atoms with van der Waals surface area (Å²) in [6.45, 7) is 2.08. The van der Waals surface area contributed by atoms with Gasteiger partial charge in [0.05, 0.1) is 11.7 Å². The summed E-state index contributed by atoms with van der Waals surface area (Å²) in [7, 11) is 0. The fourth-order valence-electron chi connectivity index (χ4n) is 3.83. The van der Waals surface area contributed by atoms with Crippen molar-refractivity contribution in [3.8, 4) is 23.3 Å². The van der Waals surface area contributed by atoms with E-state index in [-0.39, 0.29) is 12.2 Å². The minimum atomic E-state index is -0.686. The highest BCUT2D eigenvalue weighted by atomic mass is 16.5. The average molecular weight is 400 g/mol. The van der Waals surface area contributed by atoms with Crippen LogP contribution in [0.4, 0.5) is 0 Å². The molecule has 0 aliphatic heterocycles. The summed E-state index contributed by atoms with van der Waals surface area (Å²) in [6, 6.07) is 16.5. The number of carbonyl (C=O) groups is 1. The van der Waals surface area contributed by atoms with Gasteiger partial charge in [-0.05, 0) is 29.2 Å². The molecule has 1 unspecified atom stereocenters. The first-order valence-electron chi connectivity index (χ1n) is 10.2. The third-order valence-corrected chi connectivity index (χ3v) is 5.29. The van der Waals surface area contributed by atoms with Crippen LogP contribution in [-0.2, 0) is 4.74 Å². The number of rotatable bonds is 8. The van der Waals surface area contributed by atoms with E-state index in [0.29, 0.717) is 28.7 Å². The summed E-state index contributed by atoms with van der Waals surface area (Å²) in [4.78, 5) is 12.8. The second-order valence-corrected chi connectivity index (χ2v) is 7.35. The van der Waals surface area contributed by atoms with Gasteiger partial charge >= 0.3 is 5.97 Å². The first kappa shape index (κ1) is 21.3. The van der Waals surface area contributed by atoms with Gasteiger partial charge in [-0.1, -0.05) is 69.0 Å². The zero-order valence-corrected chi connectivity index (χ0v) is 17.0. The van der Waals surface area contributed by atoms with E-state index in [4.69, 9.17) is 4.74 Å². The predicted molar refractivity (Wildman–Crippen MR) is 114 cm³/mol. The van der Waals surface area contributed by atoms with Crippen molar-refractivity contribution in [1.82, 2.24) is 0 Å². The molecule has 0 saturated heterocycles. The molecule has 2 aromatic carbocycles. The summed E-state index contributed by atoms with van der Waals surface area (Å²) in [5.41, 5.74) is 3.78. The second kappa shape index (κ2) is 9.87. The maximum absolute atomic E-state index is 12.8. The Kier molecular flexibility index (Phi) is 7.01. The lowest BCUT2D eigenvalue weighted by Gasteiger charge is -2.13. The number of nitriles is 2. The van der Waals surface area contributed by atoms with Gasteiger partial charge in [0.2, 0.25) is 0 Å². The minimum Gasteiger partial charge on any atom is -0.459 e. The van der Waals surface area contributed by atoms with Gasteiger partial charge in [-0.15, -0.1) is 0 Å². The molecule has 152 valence electrons. The van der Waals surface area contributed by atoms with E-state index in [0.717, 1.165) is 36.8 Å². The van der Waals surface area contributed by atoms with Crippen molar-refractivity contribution >= 4 is 11.5 Å². The molecule has 5 heteroatoms. The topological polar surface area (TPSA) is 94.1 Å². The SMILES string of the molecule is CCCCCCC(O)COC(=O)c1cccc2c1-c1ccccc1C2=C(C#N)C#N. The molecule has 0 heterocycles. The van der Waals surface area contributed by atoms with E-state index < -0.39 is 12.1 Å². The Morgan fingerprint density at radius 2 is 1.70 bits per heavy atom. The fourth-order valence-corrected chi connectivity index (χ4v) is 3.83. The fraction of sp³-hybridized carbons (Fsp3) is 0.320. The Hall–Kier alpha value is -3.41. The predicted octanol–water partition coefficient (Wildman–Crippen LogP) is 5.00. The Balaban J connectivity index is 1.87. The Morgan fingerprint density at radius 1 is 1.00 bits per heavy atom. The van der Waals surface area contributed by atoms with Crippen molar-refractivity contribution in [2.75, 3.05) is 6.61 Å². The molecular weight excluding hydrogens is 376 g/mol. The van der Waals surface area contributed by atoms with Gasteiger partial charge in [0.15, 0.2) is 0 Å².